The SMILES string of the molecule is Clc1cccc(CNc2ccc(Cl)cc2Cl)c1. The molecule has 0 aliphatic carbocycles. The molecule has 0 aliphatic rings. The number of rotatable bonds is 3. The number of benzene rings is 2. The third kappa shape index (κ3) is 3.53. The Morgan fingerprint density at radius 3 is 2.35 bits per heavy atom. The van der Waals surface area contributed by atoms with E-state index in [0.717, 1.165) is 16.3 Å². The molecular formula is C13H10Cl3N. The average molecular weight is 287 g/mol. The van der Waals surface area contributed by atoms with Gasteiger partial charge in [-0.3, -0.25) is 0 Å². The van der Waals surface area contributed by atoms with Crippen molar-refractivity contribution in [2.75, 3.05) is 5.32 Å². The van der Waals surface area contributed by atoms with Crippen LogP contribution in [-0.2, 0) is 6.54 Å². The highest BCUT2D eigenvalue weighted by atomic mass is 35.5. The Labute approximate surface area is 115 Å². The van der Waals surface area contributed by atoms with E-state index < -0.39 is 0 Å². The minimum Gasteiger partial charge on any atom is -0.380 e. The second-order valence-corrected chi connectivity index (χ2v) is 4.89. The van der Waals surface area contributed by atoms with E-state index in [1.54, 1.807) is 12.1 Å². The Hall–Kier alpha value is -0.890. The van der Waals surface area contributed by atoms with E-state index in [-0.39, 0.29) is 0 Å². The molecule has 0 bridgehead atoms. The molecule has 0 amide bonds. The fourth-order valence-electron chi connectivity index (χ4n) is 1.48. The third-order valence-electron chi connectivity index (χ3n) is 2.30. The summed E-state index contributed by atoms with van der Waals surface area (Å²) in [6.07, 6.45) is 0. The molecule has 0 heterocycles. The molecule has 0 aliphatic heterocycles. The van der Waals surface area contributed by atoms with E-state index in [4.69, 9.17) is 34.8 Å². The Morgan fingerprint density at radius 2 is 1.65 bits per heavy atom. The van der Waals surface area contributed by atoms with Crippen molar-refractivity contribution >= 4 is 40.5 Å². The molecule has 2 rings (SSSR count). The molecule has 1 nitrogen and oxygen atoms in total. The lowest BCUT2D eigenvalue weighted by Gasteiger charge is -2.08. The van der Waals surface area contributed by atoms with E-state index in [0.29, 0.717) is 16.6 Å². The highest BCUT2D eigenvalue weighted by Gasteiger charge is 2.01. The van der Waals surface area contributed by atoms with Crippen LogP contribution < -0.4 is 5.32 Å². The van der Waals surface area contributed by atoms with E-state index in [9.17, 15) is 0 Å². The van der Waals surface area contributed by atoms with E-state index in [2.05, 4.69) is 5.32 Å². The van der Waals surface area contributed by atoms with Crippen LogP contribution >= 0.6 is 34.8 Å². The van der Waals surface area contributed by atoms with Crippen LogP contribution in [0, 0.1) is 0 Å². The van der Waals surface area contributed by atoms with Crippen molar-refractivity contribution in [1.82, 2.24) is 0 Å². The number of hydrogen-bond acceptors (Lipinski definition) is 1. The van der Waals surface area contributed by atoms with Crippen LogP contribution in [0.15, 0.2) is 42.5 Å². The second-order valence-electron chi connectivity index (χ2n) is 3.61. The lowest BCUT2D eigenvalue weighted by Crippen LogP contribution is -1.99. The van der Waals surface area contributed by atoms with Gasteiger partial charge in [-0.05, 0) is 35.9 Å². The normalized spacial score (nSPS) is 10.3. The summed E-state index contributed by atoms with van der Waals surface area (Å²) in [4.78, 5) is 0. The van der Waals surface area contributed by atoms with Crippen LogP contribution in [0.5, 0.6) is 0 Å². The minimum atomic E-state index is 0.611. The molecule has 0 fully saturated rings. The lowest BCUT2D eigenvalue weighted by atomic mass is 10.2. The Kier molecular flexibility index (Phi) is 4.16. The fourth-order valence-corrected chi connectivity index (χ4v) is 2.17. The van der Waals surface area contributed by atoms with Gasteiger partial charge >= 0.3 is 0 Å². The summed E-state index contributed by atoms with van der Waals surface area (Å²) in [5, 5.41) is 5.20. The summed E-state index contributed by atoms with van der Waals surface area (Å²) >= 11 is 17.8. The zero-order valence-electron chi connectivity index (χ0n) is 8.88. The molecule has 2 aromatic rings. The van der Waals surface area contributed by atoms with Crippen molar-refractivity contribution in [2.45, 2.75) is 6.54 Å². The van der Waals surface area contributed by atoms with Crippen molar-refractivity contribution in [2.24, 2.45) is 0 Å². The summed E-state index contributed by atoms with van der Waals surface area (Å²) in [5.41, 5.74) is 1.96. The predicted octanol–water partition coefficient (Wildman–Crippen LogP) is 5.26. The Balaban J connectivity index is 2.07. The van der Waals surface area contributed by atoms with Crippen LogP contribution in [0.4, 0.5) is 5.69 Å². The molecule has 17 heavy (non-hydrogen) atoms. The fraction of sp³-hybridized carbons (Fsp3) is 0.0769. The molecule has 2 aromatic carbocycles. The summed E-state index contributed by atoms with van der Waals surface area (Å²) in [5.74, 6) is 0. The van der Waals surface area contributed by atoms with Gasteiger partial charge in [0.05, 0.1) is 10.7 Å². The molecular weight excluding hydrogens is 277 g/mol. The van der Waals surface area contributed by atoms with Gasteiger partial charge in [0, 0.05) is 16.6 Å². The minimum absolute atomic E-state index is 0.611. The molecule has 88 valence electrons. The first kappa shape index (κ1) is 12.6. The molecule has 0 aromatic heterocycles. The van der Waals surface area contributed by atoms with Crippen molar-refractivity contribution < 1.29 is 0 Å². The number of hydrogen-bond donors (Lipinski definition) is 1. The Morgan fingerprint density at radius 1 is 0.882 bits per heavy atom. The van der Waals surface area contributed by atoms with Gasteiger partial charge in [0.25, 0.3) is 0 Å². The van der Waals surface area contributed by atoms with Gasteiger partial charge in [-0.1, -0.05) is 46.9 Å². The molecule has 0 atom stereocenters. The van der Waals surface area contributed by atoms with Crippen LogP contribution in [-0.4, -0.2) is 0 Å². The van der Waals surface area contributed by atoms with Crippen LogP contribution in [0.2, 0.25) is 15.1 Å². The highest BCUT2D eigenvalue weighted by molar-refractivity contribution is 6.36. The van der Waals surface area contributed by atoms with Crippen molar-refractivity contribution in [3.63, 3.8) is 0 Å². The van der Waals surface area contributed by atoms with E-state index in [1.165, 1.54) is 0 Å². The van der Waals surface area contributed by atoms with Gasteiger partial charge in [-0.2, -0.15) is 0 Å². The summed E-state index contributed by atoms with van der Waals surface area (Å²) in [6.45, 7) is 0.669. The van der Waals surface area contributed by atoms with Gasteiger partial charge in [0.1, 0.15) is 0 Å². The maximum Gasteiger partial charge on any atom is 0.0652 e. The van der Waals surface area contributed by atoms with Gasteiger partial charge in [-0.25, -0.2) is 0 Å². The molecule has 0 saturated heterocycles. The standard InChI is InChI=1S/C13H10Cl3N/c14-10-3-1-2-9(6-10)8-17-13-5-4-11(15)7-12(13)16/h1-7,17H,8H2. The molecule has 0 unspecified atom stereocenters. The zero-order chi connectivity index (χ0) is 12.3. The van der Waals surface area contributed by atoms with Crippen LogP contribution in [0.1, 0.15) is 5.56 Å². The van der Waals surface area contributed by atoms with Crippen molar-refractivity contribution in [3.05, 3.63) is 63.1 Å². The zero-order valence-corrected chi connectivity index (χ0v) is 11.2. The summed E-state index contributed by atoms with van der Waals surface area (Å²) in [6, 6.07) is 13.1. The first-order chi connectivity index (χ1) is 8.15. The van der Waals surface area contributed by atoms with Gasteiger partial charge in [0.2, 0.25) is 0 Å². The van der Waals surface area contributed by atoms with E-state index >= 15 is 0 Å². The quantitative estimate of drug-likeness (QED) is 0.811. The molecule has 0 spiro atoms. The average Bonchev–Trinajstić information content (AvgIpc) is 2.28. The monoisotopic (exact) mass is 285 g/mol. The molecule has 0 saturated carbocycles. The largest absolute Gasteiger partial charge is 0.380 e. The molecule has 0 radical (unpaired) electrons. The van der Waals surface area contributed by atoms with Gasteiger partial charge in [-0.15, -0.1) is 0 Å². The van der Waals surface area contributed by atoms with Crippen LogP contribution in [0.25, 0.3) is 0 Å². The van der Waals surface area contributed by atoms with Gasteiger partial charge < -0.3 is 5.32 Å². The highest BCUT2D eigenvalue weighted by Crippen LogP contribution is 2.25. The second kappa shape index (κ2) is 5.63. The maximum absolute atomic E-state index is 6.05. The Bertz CT molecular complexity index is 526. The summed E-state index contributed by atoms with van der Waals surface area (Å²) in [7, 11) is 0. The van der Waals surface area contributed by atoms with E-state index in [1.807, 2.05) is 30.3 Å². The summed E-state index contributed by atoms with van der Waals surface area (Å²) < 4.78 is 0. The first-order valence-electron chi connectivity index (χ1n) is 5.08. The van der Waals surface area contributed by atoms with Crippen LogP contribution in [0.3, 0.4) is 0 Å². The third-order valence-corrected chi connectivity index (χ3v) is 3.09. The maximum atomic E-state index is 6.05. The van der Waals surface area contributed by atoms with Crippen molar-refractivity contribution in [1.29, 1.82) is 0 Å². The first-order valence-corrected chi connectivity index (χ1v) is 6.22. The number of nitrogens with one attached hydrogen (secondary N) is 1. The molecule has 4 heteroatoms. The van der Waals surface area contributed by atoms with Crippen molar-refractivity contribution in [3.8, 4) is 0 Å². The lowest BCUT2D eigenvalue weighted by molar-refractivity contribution is 1.15. The molecule has 1 N–H and O–H groups in total. The number of halogens is 3. The van der Waals surface area contributed by atoms with Gasteiger partial charge in [0.15, 0.2) is 0 Å². The number of anilines is 1. The predicted molar refractivity (Wildman–Crippen MR) is 75.2 cm³/mol. The topological polar surface area (TPSA) is 12.0 Å². The smallest absolute Gasteiger partial charge is 0.0652 e.